The number of aromatic nitrogens is 1. The summed E-state index contributed by atoms with van der Waals surface area (Å²) in [5, 5.41) is 21.8. The van der Waals surface area contributed by atoms with Crippen molar-refractivity contribution in [2.75, 3.05) is 12.0 Å². The summed E-state index contributed by atoms with van der Waals surface area (Å²) in [6.45, 7) is 7.40. The van der Waals surface area contributed by atoms with Crippen LogP contribution < -0.4 is 16.0 Å². The summed E-state index contributed by atoms with van der Waals surface area (Å²) in [5.74, 6) is 2.13. The van der Waals surface area contributed by atoms with Gasteiger partial charge in [-0.1, -0.05) is 13.8 Å². The summed E-state index contributed by atoms with van der Waals surface area (Å²) in [4.78, 5) is 23.1. The summed E-state index contributed by atoms with van der Waals surface area (Å²) >= 11 is 0.846. The Balaban J connectivity index is 0.00000201. The number of hydrogen-bond acceptors (Lipinski definition) is 8. The average molecular weight is 587 g/mol. The predicted molar refractivity (Wildman–Crippen MR) is 161 cm³/mol. The number of alkyl halides is 2. The fraction of sp³-hybridized carbons (Fsp3) is 0.379. The molecule has 2 aliphatic heterocycles. The highest BCUT2D eigenvalue weighted by atomic mass is 32.2. The lowest BCUT2D eigenvalue weighted by molar-refractivity contribution is 0.100. The number of halogens is 2. The number of aliphatic hydroxyl groups is 1. The van der Waals surface area contributed by atoms with Crippen LogP contribution in [0.2, 0.25) is 0 Å². The monoisotopic (exact) mass is 586 g/mol. The second-order valence-electron chi connectivity index (χ2n) is 9.41. The van der Waals surface area contributed by atoms with Gasteiger partial charge in [0.15, 0.2) is 10.9 Å². The van der Waals surface area contributed by atoms with Crippen LogP contribution in [0.25, 0.3) is 5.57 Å². The van der Waals surface area contributed by atoms with E-state index in [9.17, 15) is 18.7 Å². The SMILES string of the molecule is C#C[C@H]1CC1C(=N)SC(N)=NC(=O)c1cnc(N2C=CC(C)=CC2(C)O)cc1C1=CC(C(F)F)NC=C1OC.CC.[HH]. The zero-order valence-electron chi connectivity index (χ0n) is 23.5. The Labute approximate surface area is 244 Å². The number of thioether (sulfide) groups is 1. The molecule has 220 valence electrons. The van der Waals surface area contributed by atoms with Crippen molar-refractivity contribution in [3.8, 4) is 12.3 Å². The van der Waals surface area contributed by atoms with Crippen molar-refractivity contribution >= 4 is 39.3 Å². The molecular weight excluding hydrogens is 550 g/mol. The summed E-state index contributed by atoms with van der Waals surface area (Å²) in [5.41, 5.74) is 5.74. The van der Waals surface area contributed by atoms with Crippen molar-refractivity contribution in [3.05, 3.63) is 65.4 Å². The van der Waals surface area contributed by atoms with Gasteiger partial charge in [0.1, 0.15) is 17.6 Å². The van der Waals surface area contributed by atoms with Crippen LogP contribution in [0, 0.1) is 29.6 Å². The number of anilines is 1. The van der Waals surface area contributed by atoms with Crippen LogP contribution in [-0.4, -0.2) is 51.5 Å². The number of amidine groups is 1. The Morgan fingerprint density at radius 1 is 1.49 bits per heavy atom. The van der Waals surface area contributed by atoms with Crippen LogP contribution in [0.3, 0.4) is 0 Å². The molecule has 1 aromatic heterocycles. The number of amides is 1. The third kappa shape index (κ3) is 7.23. The minimum Gasteiger partial charge on any atom is -0.495 e. The van der Waals surface area contributed by atoms with E-state index in [1.807, 2.05) is 20.8 Å². The van der Waals surface area contributed by atoms with Gasteiger partial charge in [-0.2, -0.15) is 4.99 Å². The summed E-state index contributed by atoms with van der Waals surface area (Å²) in [7, 11) is 1.37. The molecule has 4 rings (SSSR count). The molecule has 0 radical (unpaired) electrons. The van der Waals surface area contributed by atoms with E-state index >= 15 is 0 Å². The largest absolute Gasteiger partial charge is 0.495 e. The summed E-state index contributed by atoms with van der Waals surface area (Å²) < 4.78 is 32.7. The molecule has 3 heterocycles. The van der Waals surface area contributed by atoms with Gasteiger partial charge in [0.05, 0.1) is 17.7 Å². The number of ether oxygens (including phenoxy) is 1. The van der Waals surface area contributed by atoms with Crippen molar-refractivity contribution in [3.63, 3.8) is 0 Å². The van der Waals surface area contributed by atoms with E-state index in [0.29, 0.717) is 6.42 Å². The number of rotatable bonds is 6. The van der Waals surface area contributed by atoms with E-state index in [-0.39, 0.29) is 51.8 Å². The fourth-order valence-electron chi connectivity index (χ4n) is 4.31. The normalized spacial score (nSPS) is 25.1. The van der Waals surface area contributed by atoms with E-state index in [1.54, 1.807) is 25.3 Å². The number of dihydropyridines is 1. The highest BCUT2D eigenvalue weighted by Crippen LogP contribution is 2.41. The average Bonchev–Trinajstić information content (AvgIpc) is 3.73. The molecule has 1 fully saturated rings. The molecule has 3 unspecified atom stereocenters. The smallest absolute Gasteiger partial charge is 0.281 e. The molecule has 0 spiro atoms. The van der Waals surface area contributed by atoms with E-state index in [1.165, 1.54) is 36.5 Å². The van der Waals surface area contributed by atoms with Crippen LogP contribution in [0.15, 0.2) is 59.2 Å². The molecule has 5 N–H and O–H groups in total. The number of carbonyl (C=O) groups is 1. The lowest BCUT2D eigenvalue weighted by Crippen LogP contribution is -2.43. The quantitative estimate of drug-likeness (QED) is 0.210. The van der Waals surface area contributed by atoms with Gasteiger partial charge in [-0.3, -0.25) is 10.2 Å². The van der Waals surface area contributed by atoms with Crippen LogP contribution in [-0.2, 0) is 4.74 Å². The van der Waals surface area contributed by atoms with Gasteiger partial charge in [0.25, 0.3) is 12.3 Å². The van der Waals surface area contributed by atoms with E-state index in [2.05, 4.69) is 21.2 Å². The Morgan fingerprint density at radius 2 is 2.20 bits per heavy atom. The number of nitrogens with two attached hydrogens (primary N) is 1. The second kappa shape index (κ2) is 13.1. The minimum absolute atomic E-state index is 0. The number of methoxy groups -OCH3 is 1. The van der Waals surface area contributed by atoms with Crippen LogP contribution in [0.4, 0.5) is 14.6 Å². The number of pyridine rings is 1. The first-order valence-electron chi connectivity index (χ1n) is 13.0. The first kappa shape index (κ1) is 31.6. The van der Waals surface area contributed by atoms with Gasteiger partial charge in [0.2, 0.25) is 0 Å². The third-order valence-corrected chi connectivity index (χ3v) is 7.23. The van der Waals surface area contributed by atoms with Crippen LogP contribution >= 0.6 is 11.8 Å². The van der Waals surface area contributed by atoms with Gasteiger partial charge in [-0.05, 0) is 61.9 Å². The van der Waals surface area contributed by atoms with Gasteiger partial charge in [-0.15, -0.1) is 12.3 Å². The van der Waals surface area contributed by atoms with Crippen LogP contribution in [0.5, 0.6) is 0 Å². The van der Waals surface area contributed by atoms with Crippen molar-refractivity contribution < 1.29 is 24.8 Å². The fourth-order valence-corrected chi connectivity index (χ4v) is 5.07. The number of nitrogens with one attached hydrogen (secondary N) is 2. The number of terminal acetylenes is 1. The van der Waals surface area contributed by atoms with Crippen molar-refractivity contribution in [1.82, 2.24) is 10.3 Å². The molecule has 3 aliphatic rings. The zero-order valence-corrected chi connectivity index (χ0v) is 24.3. The minimum atomic E-state index is -2.74. The molecule has 1 amide bonds. The van der Waals surface area contributed by atoms with Crippen molar-refractivity contribution in [2.45, 2.75) is 52.3 Å². The first-order valence-corrected chi connectivity index (χ1v) is 13.8. The summed E-state index contributed by atoms with van der Waals surface area (Å²) in [6.07, 6.45) is 12.2. The second-order valence-corrected chi connectivity index (χ2v) is 10.5. The number of nitrogens with zero attached hydrogens (tertiary/aromatic N) is 3. The Bertz CT molecular complexity index is 1400. The molecule has 41 heavy (non-hydrogen) atoms. The molecule has 1 aromatic rings. The molecule has 0 bridgehead atoms. The molecule has 0 saturated heterocycles. The first-order chi connectivity index (χ1) is 19.4. The predicted octanol–water partition coefficient (Wildman–Crippen LogP) is 4.89. The highest BCUT2D eigenvalue weighted by molar-refractivity contribution is 8.26. The van der Waals surface area contributed by atoms with Gasteiger partial charge in [-0.25, -0.2) is 13.8 Å². The van der Waals surface area contributed by atoms with E-state index in [4.69, 9.17) is 22.3 Å². The standard InChI is InChI=1S/C27H28F2N6O3S.C2H6.H2/c1-5-15-8-16(15)24(30)39-26(31)34-25(36)19-12-33-22(35-7-6-14(2)11-27(35,3)37)10-17(19)18-9-20(23(28)29)32-13-21(18)38-4;1-2;/h1,6-7,9-13,15-16,20,23,30,32,37H,8H2,2-4H3,(H2,31,34,36);1-2H3;1H/t15-,16?,20?,27?;;/m0../s1. The van der Waals surface area contributed by atoms with Gasteiger partial charge < -0.3 is 25.8 Å². The van der Waals surface area contributed by atoms with Crippen molar-refractivity contribution in [1.29, 1.82) is 5.41 Å². The summed E-state index contributed by atoms with van der Waals surface area (Å²) in [6, 6.07) is 0.157. The van der Waals surface area contributed by atoms with Crippen molar-refractivity contribution in [2.24, 2.45) is 22.6 Å². The maximum Gasteiger partial charge on any atom is 0.281 e. The molecule has 12 heteroatoms. The number of aliphatic imine (C=N–C) groups is 1. The highest BCUT2D eigenvalue weighted by Gasteiger charge is 2.40. The topological polar surface area (TPSA) is 137 Å². The van der Waals surface area contributed by atoms with E-state index in [0.717, 1.165) is 17.3 Å². The maximum atomic E-state index is 13.6. The molecular formula is C29H36F2N6O3S. The van der Waals surface area contributed by atoms with Gasteiger partial charge in [0, 0.05) is 43.0 Å². The third-order valence-electron chi connectivity index (χ3n) is 6.41. The molecule has 9 nitrogen and oxygen atoms in total. The van der Waals surface area contributed by atoms with E-state index < -0.39 is 24.1 Å². The number of carbonyl (C=O) groups excluding carboxylic acids is 1. The Hall–Kier alpha value is -3.95. The molecule has 4 atom stereocenters. The van der Waals surface area contributed by atoms with Gasteiger partial charge >= 0.3 is 0 Å². The lowest BCUT2D eigenvalue weighted by atomic mass is 9.95. The zero-order chi connectivity index (χ0) is 30.5. The number of hydrogen-bond donors (Lipinski definition) is 4. The lowest BCUT2D eigenvalue weighted by Gasteiger charge is -2.36. The van der Waals surface area contributed by atoms with Crippen LogP contribution in [0.1, 0.15) is 51.5 Å². The maximum absolute atomic E-state index is 13.6. The molecule has 1 saturated carbocycles. The number of allylic oxidation sites excluding steroid dienone is 3. The Kier molecular flexibility index (Phi) is 10.1. The molecule has 0 aromatic carbocycles. The Morgan fingerprint density at radius 3 is 2.78 bits per heavy atom. The molecule has 1 aliphatic carbocycles.